The number of hydrogen-bond donors (Lipinski definition) is 1. The van der Waals surface area contributed by atoms with Gasteiger partial charge in [-0.05, 0) is 37.8 Å². The molecule has 1 heterocycles. The Kier molecular flexibility index (Phi) is 3.18. The molecule has 94 valence electrons. The average Bonchev–Trinajstić information content (AvgIpc) is 2.93. The van der Waals surface area contributed by atoms with Crippen LogP contribution in [0.1, 0.15) is 32.6 Å². The van der Waals surface area contributed by atoms with Gasteiger partial charge in [0.25, 0.3) is 0 Å². The van der Waals surface area contributed by atoms with E-state index in [0.29, 0.717) is 6.04 Å². The number of rotatable bonds is 3. The molecule has 1 N–H and O–H groups in total. The van der Waals surface area contributed by atoms with Crippen molar-refractivity contribution in [3.05, 3.63) is 36.5 Å². The number of anilines is 1. The average molecular weight is 240 g/mol. The summed E-state index contributed by atoms with van der Waals surface area (Å²) in [7, 11) is 0. The molecule has 0 bridgehead atoms. The van der Waals surface area contributed by atoms with Gasteiger partial charge in [0, 0.05) is 23.3 Å². The highest BCUT2D eigenvalue weighted by molar-refractivity contribution is 5.90. The maximum Gasteiger partial charge on any atom is 0.0722 e. The predicted molar refractivity (Wildman–Crippen MR) is 76.8 cm³/mol. The van der Waals surface area contributed by atoms with E-state index in [0.717, 1.165) is 11.4 Å². The predicted octanol–water partition coefficient (Wildman–Crippen LogP) is 4.23. The van der Waals surface area contributed by atoms with E-state index in [1.807, 2.05) is 12.3 Å². The van der Waals surface area contributed by atoms with Crippen LogP contribution in [0.3, 0.4) is 0 Å². The summed E-state index contributed by atoms with van der Waals surface area (Å²) >= 11 is 0. The Hall–Kier alpha value is -1.57. The lowest BCUT2D eigenvalue weighted by atomic mass is 9.99. The van der Waals surface area contributed by atoms with Crippen LogP contribution >= 0.6 is 0 Å². The van der Waals surface area contributed by atoms with Gasteiger partial charge in [0.2, 0.25) is 0 Å². The maximum atomic E-state index is 4.41. The van der Waals surface area contributed by atoms with Gasteiger partial charge < -0.3 is 5.32 Å². The van der Waals surface area contributed by atoms with Gasteiger partial charge in [-0.2, -0.15) is 0 Å². The number of fused-ring (bicyclic) bond motifs is 1. The van der Waals surface area contributed by atoms with Crippen LogP contribution in [0.25, 0.3) is 10.9 Å². The number of hydrogen-bond acceptors (Lipinski definition) is 2. The lowest BCUT2D eigenvalue weighted by molar-refractivity contribution is 0.482. The molecular weight excluding hydrogens is 220 g/mol. The van der Waals surface area contributed by atoms with E-state index < -0.39 is 0 Å². The zero-order valence-electron chi connectivity index (χ0n) is 10.9. The number of nitrogens with zero attached hydrogens (tertiary/aromatic N) is 1. The highest BCUT2D eigenvalue weighted by Gasteiger charge is 2.21. The third-order valence-electron chi connectivity index (χ3n) is 4.14. The van der Waals surface area contributed by atoms with Crippen molar-refractivity contribution in [1.82, 2.24) is 4.98 Å². The van der Waals surface area contributed by atoms with Crippen molar-refractivity contribution in [2.75, 3.05) is 5.32 Å². The fraction of sp³-hybridized carbons (Fsp3) is 0.438. The van der Waals surface area contributed by atoms with Crippen LogP contribution in [-0.2, 0) is 0 Å². The number of pyridine rings is 1. The Morgan fingerprint density at radius 2 is 1.94 bits per heavy atom. The van der Waals surface area contributed by atoms with Crippen LogP contribution in [0, 0.1) is 5.92 Å². The molecule has 1 atom stereocenters. The molecular formula is C16H20N2. The number of aromatic nitrogens is 1. The van der Waals surface area contributed by atoms with Gasteiger partial charge in [0.05, 0.1) is 5.52 Å². The minimum absolute atomic E-state index is 0.554. The summed E-state index contributed by atoms with van der Waals surface area (Å²) in [6.45, 7) is 2.31. The van der Waals surface area contributed by atoms with Gasteiger partial charge in [-0.3, -0.25) is 4.98 Å². The minimum Gasteiger partial charge on any atom is -0.382 e. The molecule has 0 aliphatic heterocycles. The van der Waals surface area contributed by atoms with Crippen molar-refractivity contribution in [2.45, 2.75) is 38.6 Å². The number of para-hydroxylation sites is 1. The van der Waals surface area contributed by atoms with Crippen LogP contribution in [0.5, 0.6) is 0 Å². The Morgan fingerprint density at radius 3 is 2.78 bits per heavy atom. The van der Waals surface area contributed by atoms with Gasteiger partial charge in [0.1, 0.15) is 0 Å². The number of benzene rings is 1. The Morgan fingerprint density at radius 1 is 1.17 bits per heavy atom. The molecule has 2 aromatic rings. The summed E-state index contributed by atoms with van der Waals surface area (Å²) in [5.74, 6) is 0.830. The van der Waals surface area contributed by atoms with Crippen molar-refractivity contribution in [2.24, 2.45) is 5.92 Å². The van der Waals surface area contributed by atoms with Crippen LogP contribution in [0.15, 0.2) is 36.5 Å². The molecule has 1 aromatic heterocycles. The van der Waals surface area contributed by atoms with E-state index in [1.165, 1.54) is 36.8 Å². The first-order chi connectivity index (χ1) is 8.84. The second-order valence-corrected chi connectivity index (χ2v) is 5.35. The van der Waals surface area contributed by atoms with Crippen molar-refractivity contribution in [1.29, 1.82) is 0 Å². The van der Waals surface area contributed by atoms with Gasteiger partial charge >= 0.3 is 0 Å². The first-order valence-electron chi connectivity index (χ1n) is 6.95. The van der Waals surface area contributed by atoms with Crippen LogP contribution < -0.4 is 5.32 Å². The largest absolute Gasteiger partial charge is 0.382 e. The summed E-state index contributed by atoms with van der Waals surface area (Å²) in [6, 6.07) is 11.0. The van der Waals surface area contributed by atoms with Crippen molar-refractivity contribution in [3.63, 3.8) is 0 Å². The summed E-state index contributed by atoms with van der Waals surface area (Å²) < 4.78 is 0. The molecule has 0 spiro atoms. The smallest absolute Gasteiger partial charge is 0.0722 e. The van der Waals surface area contributed by atoms with Gasteiger partial charge in [-0.1, -0.05) is 31.0 Å². The van der Waals surface area contributed by atoms with Crippen LogP contribution in [0.4, 0.5) is 5.69 Å². The van der Waals surface area contributed by atoms with Crippen molar-refractivity contribution in [3.8, 4) is 0 Å². The van der Waals surface area contributed by atoms with Gasteiger partial charge in [-0.25, -0.2) is 0 Å². The molecule has 0 radical (unpaired) electrons. The van der Waals surface area contributed by atoms with E-state index in [2.05, 4.69) is 41.5 Å². The van der Waals surface area contributed by atoms with E-state index >= 15 is 0 Å². The molecule has 3 rings (SSSR count). The third kappa shape index (κ3) is 2.20. The maximum absolute atomic E-state index is 4.41. The van der Waals surface area contributed by atoms with Crippen molar-refractivity contribution < 1.29 is 0 Å². The fourth-order valence-electron chi connectivity index (χ4n) is 3.04. The van der Waals surface area contributed by atoms with E-state index in [4.69, 9.17) is 0 Å². The lowest BCUT2D eigenvalue weighted by Gasteiger charge is -2.22. The monoisotopic (exact) mass is 240 g/mol. The summed E-state index contributed by atoms with van der Waals surface area (Å²) in [5, 5.41) is 4.91. The second kappa shape index (κ2) is 4.97. The van der Waals surface area contributed by atoms with Gasteiger partial charge in [0.15, 0.2) is 0 Å². The highest BCUT2D eigenvalue weighted by atomic mass is 14.9. The summed E-state index contributed by atoms with van der Waals surface area (Å²) in [6.07, 6.45) is 7.43. The van der Waals surface area contributed by atoms with E-state index in [-0.39, 0.29) is 0 Å². The van der Waals surface area contributed by atoms with Crippen LogP contribution in [0.2, 0.25) is 0 Å². The van der Waals surface area contributed by atoms with Crippen molar-refractivity contribution >= 4 is 16.6 Å². The lowest BCUT2D eigenvalue weighted by Crippen LogP contribution is -2.23. The van der Waals surface area contributed by atoms with Gasteiger partial charge in [-0.15, -0.1) is 0 Å². The van der Waals surface area contributed by atoms with Crippen LogP contribution in [-0.4, -0.2) is 11.0 Å². The highest BCUT2D eigenvalue weighted by Crippen LogP contribution is 2.30. The molecule has 0 saturated heterocycles. The van der Waals surface area contributed by atoms with E-state index in [9.17, 15) is 0 Å². The molecule has 1 unspecified atom stereocenters. The molecule has 1 aromatic carbocycles. The normalized spacial score (nSPS) is 18.1. The minimum atomic E-state index is 0.554. The molecule has 1 aliphatic rings. The Labute approximate surface area is 108 Å². The molecule has 1 saturated carbocycles. The fourth-order valence-corrected chi connectivity index (χ4v) is 3.04. The summed E-state index contributed by atoms with van der Waals surface area (Å²) in [4.78, 5) is 4.41. The Balaban J connectivity index is 1.85. The SMILES string of the molecule is CC(Nc1ccnc2ccccc12)C1CCCC1. The second-order valence-electron chi connectivity index (χ2n) is 5.35. The molecule has 18 heavy (non-hydrogen) atoms. The first kappa shape index (κ1) is 11.5. The summed E-state index contributed by atoms with van der Waals surface area (Å²) in [5.41, 5.74) is 2.29. The quantitative estimate of drug-likeness (QED) is 0.868. The first-order valence-corrected chi connectivity index (χ1v) is 6.95. The zero-order chi connectivity index (χ0) is 12.4. The third-order valence-corrected chi connectivity index (χ3v) is 4.14. The standard InChI is InChI=1S/C16H20N2/c1-12(13-6-2-3-7-13)18-16-10-11-17-15-9-5-4-8-14(15)16/h4-5,8-13H,2-3,6-7H2,1H3,(H,17,18). The zero-order valence-corrected chi connectivity index (χ0v) is 10.9. The van der Waals surface area contributed by atoms with E-state index in [1.54, 1.807) is 0 Å². The topological polar surface area (TPSA) is 24.9 Å². The number of nitrogens with one attached hydrogen (secondary N) is 1. The molecule has 1 fully saturated rings. The Bertz CT molecular complexity index is 524. The molecule has 2 nitrogen and oxygen atoms in total. The molecule has 0 amide bonds. The molecule has 2 heteroatoms. The molecule has 1 aliphatic carbocycles.